The number of ether oxygens (including phenoxy) is 2. The van der Waals surface area contributed by atoms with Gasteiger partial charge in [0.2, 0.25) is 0 Å². The van der Waals surface area contributed by atoms with Crippen molar-refractivity contribution in [3.8, 4) is 0 Å². The second-order valence-corrected chi connectivity index (χ2v) is 4.53. The summed E-state index contributed by atoms with van der Waals surface area (Å²) in [7, 11) is 0. The third-order valence-corrected chi connectivity index (χ3v) is 3.30. The Morgan fingerprint density at radius 3 is 2.64 bits per heavy atom. The maximum absolute atomic E-state index is 5.75. The van der Waals surface area contributed by atoms with E-state index in [-0.39, 0.29) is 0 Å². The zero-order valence-electron chi connectivity index (χ0n) is 9.16. The summed E-state index contributed by atoms with van der Waals surface area (Å²) in [6.07, 6.45) is 4.81. The molecule has 3 heteroatoms. The van der Waals surface area contributed by atoms with Gasteiger partial charge in [-0.25, -0.2) is 0 Å². The van der Waals surface area contributed by atoms with Gasteiger partial charge in [-0.3, -0.25) is 0 Å². The summed E-state index contributed by atoms with van der Waals surface area (Å²) >= 11 is 0. The molecular formula is C11H21NO2. The van der Waals surface area contributed by atoms with E-state index >= 15 is 0 Å². The molecule has 0 spiro atoms. The Balaban J connectivity index is 1.67. The van der Waals surface area contributed by atoms with Gasteiger partial charge in [-0.2, -0.15) is 0 Å². The lowest BCUT2D eigenvalue weighted by molar-refractivity contribution is 0.0511. The van der Waals surface area contributed by atoms with E-state index in [0.29, 0.717) is 24.4 Å². The lowest BCUT2D eigenvalue weighted by Gasteiger charge is -2.19. The van der Waals surface area contributed by atoms with Crippen molar-refractivity contribution in [2.24, 2.45) is 0 Å². The normalized spacial score (nSPS) is 43.3. The van der Waals surface area contributed by atoms with Gasteiger partial charge >= 0.3 is 0 Å². The molecule has 4 unspecified atom stereocenters. The van der Waals surface area contributed by atoms with Gasteiger partial charge in [0, 0.05) is 19.2 Å². The fourth-order valence-corrected chi connectivity index (χ4v) is 2.32. The maximum atomic E-state index is 5.75. The van der Waals surface area contributed by atoms with Crippen molar-refractivity contribution >= 4 is 0 Å². The van der Waals surface area contributed by atoms with E-state index < -0.39 is 0 Å². The van der Waals surface area contributed by atoms with E-state index in [4.69, 9.17) is 9.47 Å². The molecule has 2 aliphatic rings. The van der Waals surface area contributed by atoms with Gasteiger partial charge in [-0.1, -0.05) is 0 Å². The molecule has 0 amide bonds. The van der Waals surface area contributed by atoms with Gasteiger partial charge in [-0.15, -0.1) is 0 Å². The number of nitrogens with one attached hydrogen (secondary N) is 1. The largest absolute Gasteiger partial charge is 0.377 e. The molecule has 2 aliphatic heterocycles. The number of hydrogen-bond donors (Lipinski definition) is 1. The van der Waals surface area contributed by atoms with Crippen molar-refractivity contribution in [2.75, 3.05) is 13.2 Å². The maximum Gasteiger partial charge on any atom is 0.0704 e. The number of hydrogen-bond acceptors (Lipinski definition) is 3. The van der Waals surface area contributed by atoms with E-state index in [9.17, 15) is 0 Å². The van der Waals surface area contributed by atoms with E-state index in [0.717, 1.165) is 19.6 Å². The summed E-state index contributed by atoms with van der Waals surface area (Å²) in [5.41, 5.74) is 0. The molecule has 1 N–H and O–H groups in total. The summed E-state index contributed by atoms with van der Waals surface area (Å²) in [4.78, 5) is 0. The molecule has 0 aliphatic carbocycles. The topological polar surface area (TPSA) is 30.5 Å². The highest BCUT2D eigenvalue weighted by Gasteiger charge is 2.26. The minimum atomic E-state index is 0.369. The van der Waals surface area contributed by atoms with Crippen molar-refractivity contribution < 1.29 is 9.47 Å². The van der Waals surface area contributed by atoms with Gasteiger partial charge in [0.1, 0.15) is 0 Å². The molecule has 4 atom stereocenters. The van der Waals surface area contributed by atoms with Crippen molar-refractivity contribution in [2.45, 2.75) is 57.5 Å². The first-order valence-electron chi connectivity index (χ1n) is 5.76. The smallest absolute Gasteiger partial charge is 0.0704 e. The Hall–Kier alpha value is -0.120. The Labute approximate surface area is 86.2 Å². The predicted molar refractivity (Wildman–Crippen MR) is 55.4 cm³/mol. The Kier molecular flexibility index (Phi) is 3.42. The highest BCUT2D eigenvalue weighted by Crippen LogP contribution is 2.19. The van der Waals surface area contributed by atoms with Crippen LogP contribution in [-0.2, 0) is 9.47 Å². The SMILES string of the molecule is CC1CCC(CNC2CCOC2C)O1. The van der Waals surface area contributed by atoms with Crippen molar-refractivity contribution in [3.63, 3.8) is 0 Å². The summed E-state index contributed by atoms with van der Waals surface area (Å²) in [6.45, 7) is 6.19. The molecule has 0 aromatic rings. The predicted octanol–water partition coefficient (Wildman–Crippen LogP) is 1.32. The molecule has 0 aromatic carbocycles. The quantitative estimate of drug-likeness (QED) is 0.743. The number of rotatable bonds is 3. The molecule has 2 heterocycles. The zero-order chi connectivity index (χ0) is 9.97. The first-order chi connectivity index (χ1) is 6.75. The Morgan fingerprint density at radius 1 is 1.21 bits per heavy atom. The summed E-state index contributed by atoms with van der Waals surface area (Å²) < 4.78 is 11.3. The standard InChI is InChI=1S/C11H21NO2/c1-8-3-4-10(14-8)7-12-11-5-6-13-9(11)2/h8-12H,3-7H2,1-2H3. The summed E-state index contributed by atoms with van der Waals surface area (Å²) in [5, 5.41) is 3.54. The van der Waals surface area contributed by atoms with E-state index in [2.05, 4.69) is 19.2 Å². The molecule has 0 radical (unpaired) electrons. The third kappa shape index (κ3) is 2.47. The lowest BCUT2D eigenvalue weighted by atomic mass is 10.1. The van der Waals surface area contributed by atoms with Crippen LogP contribution in [0.1, 0.15) is 33.1 Å². The average molecular weight is 199 g/mol. The Bertz CT molecular complexity index is 186. The second kappa shape index (κ2) is 4.60. The molecule has 2 fully saturated rings. The monoisotopic (exact) mass is 199 g/mol. The van der Waals surface area contributed by atoms with Crippen LogP contribution < -0.4 is 5.32 Å². The molecule has 0 saturated carbocycles. The fourth-order valence-electron chi connectivity index (χ4n) is 2.32. The Morgan fingerprint density at radius 2 is 2.07 bits per heavy atom. The van der Waals surface area contributed by atoms with Crippen LogP contribution in [0.5, 0.6) is 0 Å². The van der Waals surface area contributed by atoms with Crippen LogP contribution in [0.15, 0.2) is 0 Å². The van der Waals surface area contributed by atoms with E-state index in [1.54, 1.807) is 0 Å². The molecule has 3 nitrogen and oxygen atoms in total. The molecule has 0 bridgehead atoms. The summed E-state index contributed by atoms with van der Waals surface area (Å²) in [6, 6.07) is 0.537. The molecule has 82 valence electrons. The minimum Gasteiger partial charge on any atom is -0.377 e. The lowest BCUT2D eigenvalue weighted by Crippen LogP contribution is -2.39. The van der Waals surface area contributed by atoms with Crippen molar-refractivity contribution in [1.29, 1.82) is 0 Å². The molecule has 2 saturated heterocycles. The average Bonchev–Trinajstić information content (AvgIpc) is 2.72. The zero-order valence-corrected chi connectivity index (χ0v) is 9.16. The van der Waals surface area contributed by atoms with Gasteiger partial charge in [0.15, 0.2) is 0 Å². The van der Waals surface area contributed by atoms with E-state index in [1.807, 2.05) is 0 Å². The van der Waals surface area contributed by atoms with Crippen LogP contribution in [0.25, 0.3) is 0 Å². The van der Waals surface area contributed by atoms with Gasteiger partial charge < -0.3 is 14.8 Å². The van der Waals surface area contributed by atoms with Crippen LogP contribution in [0.2, 0.25) is 0 Å². The van der Waals surface area contributed by atoms with Crippen LogP contribution in [-0.4, -0.2) is 37.5 Å². The van der Waals surface area contributed by atoms with Crippen LogP contribution >= 0.6 is 0 Å². The third-order valence-electron chi connectivity index (χ3n) is 3.30. The van der Waals surface area contributed by atoms with Gasteiger partial charge in [0.25, 0.3) is 0 Å². The van der Waals surface area contributed by atoms with Crippen molar-refractivity contribution in [3.05, 3.63) is 0 Å². The van der Waals surface area contributed by atoms with Gasteiger partial charge in [0.05, 0.1) is 18.3 Å². The minimum absolute atomic E-state index is 0.369. The van der Waals surface area contributed by atoms with E-state index in [1.165, 1.54) is 12.8 Å². The van der Waals surface area contributed by atoms with Crippen molar-refractivity contribution in [1.82, 2.24) is 5.32 Å². The van der Waals surface area contributed by atoms with Gasteiger partial charge in [-0.05, 0) is 33.1 Å². The van der Waals surface area contributed by atoms with Crippen LogP contribution in [0.3, 0.4) is 0 Å². The molecule has 0 aromatic heterocycles. The fraction of sp³-hybridized carbons (Fsp3) is 1.00. The highest BCUT2D eigenvalue weighted by molar-refractivity contribution is 4.81. The van der Waals surface area contributed by atoms with Crippen LogP contribution in [0, 0.1) is 0 Å². The molecule has 2 rings (SSSR count). The molecule has 14 heavy (non-hydrogen) atoms. The molecular weight excluding hydrogens is 178 g/mol. The van der Waals surface area contributed by atoms with Crippen LogP contribution in [0.4, 0.5) is 0 Å². The first-order valence-corrected chi connectivity index (χ1v) is 5.76. The first kappa shape index (κ1) is 10.4. The highest BCUT2D eigenvalue weighted by atomic mass is 16.5. The second-order valence-electron chi connectivity index (χ2n) is 4.53. The summed E-state index contributed by atoms with van der Waals surface area (Å²) in [5.74, 6) is 0.